The normalized spacial score (nSPS) is 22.0. The van der Waals surface area contributed by atoms with E-state index in [-0.39, 0.29) is 6.10 Å². The van der Waals surface area contributed by atoms with Crippen LogP contribution in [0.3, 0.4) is 0 Å². The molecular formula is C15H20ClNO. The van der Waals surface area contributed by atoms with Crippen LogP contribution in [0.15, 0.2) is 30.4 Å². The molecule has 0 amide bonds. The summed E-state index contributed by atoms with van der Waals surface area (Å²) in [5, 5.41) is 0.647. The second-order valence-electron chi connectivity index (χ2n) is 4.69. The third-order valence-corrected chi connectivity index (χ3v) is 3.52. The van der Waals surface area contributed by atoms with Gasteiger partial charge in [-0.25, -0.2) is 0 Å². The summed E-state index contributed by atoms with van der Waals surface area (Å²) in [6.45, 7) is 0.503. The van der Waals surface area contributed by atoms with Gasteiger partial charge in [-0.15, -0.1) is 0 Å². The van der Waals surface area contributed by atoms with E-state index >= 15 is 0 Å². The Bertz CT molecular complexity index is 417. The number of hydrogen-bond donors (Lipinski definition) is 1. The molecule has 1 aliphatic carbocycles. The third kappa shape index (κ3) is 3.76. The zero-order chi connectivity index (χ0) is 12.8. The van der Waals surface area contributed by atoms with Crippen LogP contribution in [-0.2, 0) is 6.54 Å². The molecule has 0 aliphatic heterocycles. The number of halogens is 1. The standard InChI is InChI=1S/C15H20ClNO/c16-14-10-12(11-17)8-9-15(14)18-13-6-4-2-1-3-5-7-13/h4,6,8-10,13H,1-3,5,7,11,17H2/b6-4+. The van der Waals surface area contributed by atoms with E-state index in [1.54, 1.807) is 0 Å². The van der Waals surface area contributed by atoms with Crippen LogP contribution in [0.25, 0.3) is 0 Å². The first kappa shape index (κ1) is 13.4. The van der Waals surface area contributed by atoms with Gasteiger partial charge in [-0.3, -0.25) is 0 Å². The molecule has 0 saturated carbocycles. The summed E-state index contributed by atoms with van der Waals surface area (Å²) in [7, 11) is 0. The Morgan fingerprint density at radius 1 is 1.28 bits per heavy atom. The maximum Gasteiger partial charge on any atom is 0.138 e. The average molecular weight is 266 g/mol. The second kappa shape index (κ2) is 6.81. The molecule has 0 aromatic heterocycles. The minimum absolute atomic E-state index is 0.145. The van der Waals surface area contributed by atoms with Crippen LogP contribution in [0.4, 0.5) is 0 Å². The molecule has 2 rings (SSSR count). The molecule has 18 heavy (non-hydrogen) atoms. The molecular weight excluding hydrogens is 246 g/mol. The quantitative estimate of drug-likeness (QED) is 0.837. The molecule has 3 heteroatoms. The first-order chi connectivity index (χ1) is 8.79. The van der Waals surface area contributed by atoms with Crippen molar-refractivity contribution in [2.24, 2.45) is 5.73 Å². The van der Waals surface area contributed by atoms with Crippen molar-refractivity contribution in [2.45, 2.75) is 44.8 Å². The lowest BCUT2D eigenvalue weighted by Gasteiger charge is -2.18. The lowest BCUT2D eigenvalue weighted by Crippen LogP contribution is -2.14. The fourth-order valence-corrected chi connectivity index (χ4v) is 2.40. The molecule has 1 aliphatic rings. The van der Waals surface area contributed by atoms with Crippen molar-refractivity contribution in [3.05, 3.63) is 40.9 Å². The van der Waals surface area contributed by atoms with Crippen LogP contribution >= 0.6 is 11.6 Å². The van der Waals surface area contributed by atoms with Gasteiger partial charge in [-0.2, -0.15) is 0 Å². The van der Waals surface area contributed by atoms with Crippen molar-refractivity contribution < 1.29 is 4.74 Å². The monoisotopic (exact) mass is 265 g/mol. The highest BCUT2D eigenvalue weighted by Gasteiger charge is 2.11. The molecule has 0 bridgehead atoms. The number of hydrogen-bond acceptors (Lipinski definition) is 2. The molecule has 0 spiro atoms. The second-order valence-corrected chi connectivity index (χ2v) is 5.10. The predicted molar refractivity (Wildman–Crippen MR) is 76.0 cm³/mol. The molecule has 2 N–H and O–H groups in total. The van der Waals surface area contributed by atoms with Crippen molar-refractivity contribution in [1.29, 1.82) is 0 Å². The van der Waals surface area contributed by atoms with Gasteiger partial charge < -0.3 is 10.5 Å². The molecule has 0 heterocycles. The molecule has 1 aromatic carbocycles. The maximum absolute atomic E-state index is 6.20. The smallest absolute Gasteiger partial charge is 0.138 e. The fraction of sp³-hybridized carbons (Fsp3) is 0.467. The van der Waals surface area contributed by atoms with Crippen molar-refractivity contribution in [1.82, 2.24) is 0 Å². The highest BCUT2D eigenvalue weighted by molar-refractivity contribution is 6.32. The molecule has 1 unspecified atom stereocenters. The zero-order valence-electron chi connectivity index (χ0n) is 10.6. The van der Waals surface area contributed by atoms with Crippen LogP contribution in [0.1, 0.15) is 37.7 Å². The lowest BCUT2D eigenvalue weighted by molar-refractivity contribution is 0.231. The van der Waals surface area contributed by atoms with Gasteiger partial charge in [0.05, 0.1) is 5.02 Å². The molecule has 0 saturated heterocycles. The molecule has 0 radical (unpaired) electrons. The third-order valence-electron chi connectivity index (χ3n) is 3.22. The van der Waals surface area contributed by atoms with E-state index in [0.29, 0.717) is 11.6 Å². The number of allylic oxidation sites excluding steroid dienone is 1. The van der Waals surface area contributed by atoms with Gasteiger partial charge >= 0.3 is 0 Å². The number of ether oxygens (including phenoxy) is 1. The first-order valence-electron chi connectivity index (χ1n) is 6.61. The number of nitrogens with two attached hydrogens (primary N) is 1. The molecule has 98 valence electrons. The van der Waals surface area contributed by atoms with E-state index < -0.39 is 0 Å². The lowest BCUT2D eigenvalue weighted by atomic mass is 10.0. The largest absolute Gasteiger partial charge is 0.485 e. The van der Waals surface area contributed by atoms with Gasteiger partial charge in [0.1, 0.15) is 11.9 Å². The summed E-state index contributed by atoms with van der Waals surface area (Å²) in [4.78, 5) is 0. The molecule has 2 nitrogen and oxygen atoms in total. The Hall–Kier alpha value is -0.990. The van der Waals surface area contributed by atoms with E-state index in [9.17, 15) is 0 Å². The average Bonchev–Trinajstić information content (AvgIpc) is 2.34. The number of rotatable bonds is 3. The van der Waals surface area contributed by atoms with Gasteiger partial charge in [0.15, 0.2) is 0 Å². The summed E-state index contributed by atoms with van der Waals surface area (Å²) >= 11 is 6.20. The SMILES string of the molecule is NCc1ccc(OC2/C=C/CCCCC2)c(Cl)c1. The van der Waals surface area contributed by atoms with Crippen LogP contribution in [0.2, 0.25) is 5.02 Å². The van der Waals surface area contributed by atoms with Gasteiger partial charge in [0, 0.05) is 6.54 Å². The molecule has 1 atom stereocenters. The van der Waals surface area contributed by atoms with Crippen molar-refractivity contribution >= 4 is 11.6 Å². The Balaban J connectivity index is 2.05. The Morgan fingerprint density at radius 2 is 2.17 bits per heavy atom. The Labute approximate surface area is 114 Å². The topological polar surface area (TPSA) is 35.2 Å². The van der Waals surface area contributed by atoms with Crippen molar-refractivity contribution in [3.8, 4) is 5.75 Å². The number of benzene rings is 1. The summed E-state index contributed by atoms with van der Waals surface area (Å²) in [6, 6.07) is 5.76. The summed E-state index contributed by atoms with van der Waals surface area (Å²) < 4.78 is 5.96. The molecule has 0 fully saturated rings. The highest BCUT2D eigenvalue weighted by atomic mass is 35.5. The van der Waals surface area contributed by atoms with Gasteiger partial charge in [0.2, 0.25) is 0 Å². The summed E-state index contributed by atoms with van der Waals surface area (Å²) in [6.07, 6.45) is 10.5. The Morgan fingerprint density at radius 3 is 2.94 bits per heavy atom. The van der Waals surface area contributed by atoms with Crippen LogP contribution in [-0.4, -0.2) is 6.10 Å². The highest BCUT2D eigenvalue weighted by Crippen LogP contribution is 2.28. The minimum Gasteiger partial charge on any atom is -0.485 e. The molecule has 1 aromatic rings. The van der Waals surface area contributed by atoms with Crippen LogP contribution < -0.4 is 10.5 Å². The van der Waals surface area contributed by atoms with Crippen molar-refractivity contribution in [2.75, 3.05) is 0 Å². The van der Waals surface area contributed by atoms with Gasteiger partial charge in [0.25, 0.3) is 0 Å². The van der Waals surface area contributed by atoms with E-state index in [1.807, 2.05) is 18.2 Å². The maximum atomic E-state index is 6.20. The zero-order valence-corrected chi connectivity index (χ0v) is 11.3. The van der Waals surface area contributed by atoms with E-state index in [0.717, 1.165) is 24.2 Å². The minimum atomic E-state index is 0.145. The van der Waals surface area contributed by atoms with E-state index in [2.05, 4.69) is 12.2 Å². The predicted octanol–water partition coefficient (Wildman–Crippen LogP) is 4.07. The summed E-state index contributed by atoms with van der Waals surface area (Å²) in [5.41, 5.74) is 6.61. The summed E-state index contributed by atoms with van der Waals surface area (Å²) in [5.74, 6) is 0.754. The van der Waals surface area contributed by atoms with Crippen molar-refractivity contribution in [3.63, 3.8) is 0 Å². The van der Waals surface area contributed by atoms with E-state index in [1.165, 1.54) is 19.3 Å². The Kier molecular flexibility index (Phi) is 5.09. The van der Waals surface area contributed by atoms with Crippen LogP contribution in [0, 0.1) is 0 Å². The van der Waals surface area contributed by atoms with Crippen LogP contribution in [0.5, 0.6) is 5.75 Å². The fourth-order valence-electron chi connectivity index (χ4n) is 2.16. The first-order valence-corrected chi connectivity index (χ1v) is 6.99. The van der Waals surface area contributed by atoms with Gasteiger partial charge in [-0.05, 0) is 49.5 Å². The van der Waals surface area contributed by atoms with E-state index in [4.69, 9.17) is 22.1 Å². The van der Waals surface area contributed by atoms with Gasteiger partial charge in [-0.1, -0.05) is 30.2 Å².